The average Bonchev–Trinajstić information content (AvgIpc) is 3.39. The van der Waals surface area contributed by atoms with Gasteiger partial charge in [0.25, 0.3) is 5.91 Å². The zero-order valence-electron chi connectivity index (χ0n) is 18.7. The molecule has 2 amide bonds. The van der Waals surface area contributed by atoms with Crippen molar-refractivity contribution in [3.8, 4) is 0 Å². The van der Waals surface area contributed by atoms with Gasteiger partial charge in [-0.2, -0.15) is 0 Å². The van der Waals surface area contributed by atoms with Gasteiger partial charge in [0.15, 0.2) is 0 Å². The van der Waals surface area contributed by atoms with Crippen LogP contribution in [0.4, 0.5) is 8.78 Å². The normalized spacial score (nSPS) is 22.6. The molecule has 2 fully saturated rings. The van der Waals surface area contributed by atoms with Gasteiger partial charge in [0.2, 0.25) is 5.91 Å². The fourth-order valence-electron chi connectivity index (χ4n) is 5.35. The summed E-state index contributed by atoms with van der Waals surface area (Å²) in [5, 5.41) is 3.13. The van der Waals surface area contributed by atoms with E-state index in [2.05, 4.69) is 10.3 Å². The van der Waals surface area contributed by atoms with Gasteiger partial charge in [-0.1, -0.05) is 18.6 Å². The highest BCUT2D eigenvalue weighted by Crippen LogP contribution is 2.41. The topological polar surface area (TPSA) is 67.2 Å². The Hall–Kier alpha value is -3.55. The van der Waals surface area contributed by atoms with E-state index >= 15 is 0 Å². The third kappa shape index (κ3) is 4.44. The van der Waals surface area contributed by atoms with E-state index < -0.39 is 23.1 Å². The van der Waals surface area contributed by atoms with Gasteiger partial charge >= 0.3 is 0 Å². The minimum absolute atomic E-state index is 0.0870. The fraction of sp³-hybridized carbons (Fsp3) is 0.346. The van der Waals surface area contributed by atoms with E-state index in [0.29, 0.717) is 37.1 Å². The first-order valence-corrected chi connectivity index (χ1v) is 11.5. The number of amides is 2. The smallest absolute Gasteiger partial charge is 0.253 e. The molecule has 3 heterocycles. The van der Waals surface area contributed by atoms with Crippen molar-refractivity contribution in [2.45, 2.75) is 43.7 Å². The number of nitrogens with zero attached hydrogens (tertiary/aromatic N) is 3. The van der Waals surface area contributed by atoms with Crippen LogP contribution in [-0.2, 0) is 11.3 Å². The summed E-state index contributed by atoms with van der Waals surface area (Å²) in [5.74, 6) is -1.98. The summed E-state index contributed by atoms with van der Waals surface area (Å²) in [7, 11) is 0. The predicted molar refractivity (Wildman–Crippen MR) is 122 cm³/mol. The number of likely N-dealkylation sites (tertiary alicyclic amines) is 1. The minimum Gasteiger partial charge on any atom is -0.348 e. The number of halogens is 2. The molecule has 0 radical (unpaired) electrons. The van der Waals surface area contributed by atoms with E-state index in [9.17, 15) is 18.4 Å². The molecule has 2 saturated heterocycles. The van der Waals surface area contributed by atoms with Gasteiger partial charge in [0, 0.05) is 56.0 Å². The van der Waals surface area contributed by atoms with E-state index in [1.165, 1.54) is 12.1 Å². The second-order valence-corrected chi connectivity index (χ2v) is 9.29. The first-order valence-electron chi connectivity index (χ1n) is 11.5. The summed E-state index contributed by atoms with van der Waals surface area (Å²) >= 11 is 0. The highest BCUT2D eigenvalue weighted by molar-refractivity contribution is 5.95. The van der Waals surface area contributed by atoms with Gasteiger partial charge in [0.1, 0.15) is 11.6 Å². The highest BCUT2D eigenvalue weighted by atomic mass is 19.1. The van der Waals surface area contributed by atoms with Crippen molar-refractivity contribution in [2.75, 3.05) is 13.1 Å². The van der Waals surface area contributed by atoms with Crippen molar-refractivity contribution in [1.82, 2.24) is 19.8 Å². The minimum atomic E-state index is -0.752. The van der Waals surface area contributed by atoms with Gasteiger partial charge in [-0.15, -0.1) is 0 Å². The van der Waals surface area contributed by atoms with Gasteiger partial charge in [0.05, 0.1) is 11.9 Å². The summed E-state index contributed by atoms with van der Waals surface area (Å²) in [4.78, 5) is 31.8. The van der Waals surface area contributed by atoms with Crippen LogP contribution >= 0.6 is 0 Å². The molecule has 0 aliphatic carbocycles. The molecular weight excluding hydrogens is 438 g/mol. The Morgan fingerprint density at radius 2 is 1.97 bits per heavy atom. The first kappa shape index (κ1) is 22.3. The zero-order chi connectivity index (χ0) is 23.7. The number of nitrogens with one attached hydrogen (secondary N) is 1. The lowest BCUT2D eigenvalue weighted by Gasteiger charge is -2.34. The SMILES string of the molecule is O=C1CCCC[C@]2(CN(C(=O)c3cccc(Cn4ccnc4)c3)C[C@H]2c2cc(F)cc(F)c2)N1. The third-order valence-corrected chi connectivity index (χ3v) is 6.88. The summed E-state index contributed by atoms with van der Waals surface area (Å²) in [6, 6.07) is 10.9. The predicted octanol–water partition coefficient (Wildman–Crippen LogP) is 3.88. The Morgan fingerprint density at radius 1 is 1.15 bits per heavy atom. The molecule has 5 rings (SSSR count). The quantitative estimate of drug-likeness (QED) is 0.637. The van der Waals surface area contributed by atoms with E-state index in [0.717, 1.165) is 24.5 Å². The number of aromatic nitrogens is 2. The van der Waals surface area contributed by atoms with Crippen molar-refractivity contribution in [1.29, 1.82) is 0 Å². The van der Waals surface area contributed by atoms with Crippen molar-refractivity contribution >= 4 is 11.8 Å². The van der Waals surface area contributed by atoms with E-state index in [4.69, 9.17) is 0 Å². The molecule has 2 aliphatic heterocycles. The highest BCUT2D eigenvalue weighted by Gasteiger charge is 2.50. The molecule has 2 aliphatic rings. The zero-order valence-corrected chi connectivity index (χ0v) is 18.7. The number of benzene rings is 2. The van der Waals surface area contributed by atoms with Gasteiger partial charge < -0.3 is 14.8 Å². The van der Waals surface area contributed by atoms with Crippen LogP contribution in [0.5, 0.6) is 0 Å². The van der Waals surface area contributed by atoms with Gasteiger partial charge in [-0.05, 0) is 48.2 Å². The third-order valence-electron chi connectivity index (χ3n) is 6.88. The molecule has 2 aromatic carbocycles. The summed E-state index contributed by atoms with van der Waals surface area (Å²) in [5.41, 5.74) is 1.21. The Morgan fingerprint density at radius 3 is 2.74 bits per heavy atom. The van der Waals surface area contributed by atoms with E-state index in [1.54, 1.807) is 23.5 Å². The van der Waals surface area contributed by atoms with Crippen LogP contribution in [0.25, 0.3) is 0 Å². The van der Waals surface area contributed by atoms with Crippen LogP contribution in [0.2, 0.25) is 0 Å². The molecule has 1 aromatic heterocycles. The number of hydrogen-bond acceptors (Lipinski definition) is 3. The van der Waals surface area contributed by atoms with Crippen molar-refractivity contribution < 1.29 is 18.4 Å². The van der Waals surface area contributed by atoms with Crippen molar-refractivity contribution in [3.63, 3.8) is 0 Å². The second kappa shape index (κ2) is 9.00. The molecule has 3 aromatic rings. The maximum atomic E-state index is 14.1. The Balaban J connectivity index is 1.46. The number of carbonyl (C=O) groups excluding carboxylic acids is 2. The summed E-state index contributed by atoms with van der Waals surface area (Å²) in [6.45, 7) is 1.16. The van der Waals surface area contributed by atoms with Crippen LogP contribution < -0.4 is 5.32 Å². The fourth-order valence-corrected chi connectivity index (χ4v) is 5.35. The first-order chi connectivity index (χ1) is 16.4. The number of carbonyl (C=O) groups is 2. The van der Waals surface area contributed by atoms with Crippen molar-refractivity contribution in [2.24, 2.45) is 0 Å². The van der Waals surface area contributed by atoms with Crippen LogP contribution in [0.3, 0.4) is 0 Å². The van der Waals surface area contributed by atoms with Crippen LogP contribution in [0, 0.1) is 11.6 Å². The molecule has 2 atom stereocenters. The largest absolute Gasteiger partial charge is 0.348 e. The molecule has 1 N–H and O–H groups in total. The Kier molecular flexibility index (Phi) is 5.89. The number of imidazole rings is 1. The monoisotopic (exact) mass is 464 g/mol. The lowest BCUT2D eigenvalue weighted by Crippen LogP contribution is -2.52. The molecule has 34 heavy (non-hydrogen) atoms. The molecular formula is C26H26F2N4O2. The number of rotatable bonds is 4. The molecule has 0 unspecified atom stereocenters. The molecule has 6 nitrogen and oxygen atoms in total. The summed E-state index contributed by atoms with van der Waals surface area (Å²) < 4.78 is 30.1. The van der Waals surface area contributed by atoms with Crippen LogP contribution in [0.1, 0.15) is 53.1 Å². The second-order valence-electron chi connectivity index (χ2n) is 9.29. The standard InChI is InChI=1S/C26H26F2N4O2/c27-21-11-20(12-22(28)13-21)23-15-32(16-26(23)7-2-1-6-24(33)30-26)25(34)19-5-3-4-18(10-19)14-31-9-8-29-17-31/h3-5,8-13,17,23H,1-2,6-7,14-16H2,(H,30,33)/t23-,26+/m0/s1. The van der Waals surface area contributed by atoms with E-state index in [1.807, 2.05) is 29.0 Å². The lowest BCUT2D eigenvalue weighted by atomic mass is 9.79. The van der Waals surface area contributed by atoms with Crippen LogP contribution in [-0.4, -0.2) is 44.9 Å². The maximum Gasteiger partial charge on any atom is 0.253 e. The lowest BCUT2D eigenvalue weighted by molar-refractivity contribution is -0.122. The number of hydrogen-bond donors (Lipinski definition) is 1. The average molecular weight is 465 g/mol. The molecule has 0 saturated carbocycles. The van der Waals surface area contributed by atoms with Crippen molar-refractivity contribution in [3.05, 3.63) is 89.5 Å². The Bertz CT molecular complexity index is 1190. The van der Waals surface area contributed by atoms with Crippen LogP contribution in [0.15, 0.2) is 61.2 Å². The van der Waals surface area contributed by atoms with Gasteiger partial charge in [-0.3, -0.25) is 9.59 Å². The molecule has 176 valence electrons. The maximum absolute atomic E-state index is 14.1. The molecule has 0 bridgehead atoms. The summed E-state index contributed by atoms with van der Waals surface area (Å²) in [6.07, 6.45) is 7.89. The molecule has 1 spiro atoms. The van der Waals surface area contributed by atoms with E-state index in [-0.39, 0.29) is 18.4 Å². The Labute approximate surface area is 196 Å². The van der Waals surface area contributed by atoms with Gasteiger partial charge in [-0.25, -0.2) is 13.8 Å². The molecule has 8 heteroatoms.